The van der Waals surface area contributed by atoms with Crippen LogP contribution < -0.4 is 0 Å². The molecule has 0 amide bonds. The molecule has 0 aromatic heterocycles. The van der Waals surface area contributed by atoms with Gasteiger partial charge in [0.25, 0.3) is 0 Å². The summed E-state index contributed by atoms with van der Waals surface area (Å²) in [5.74, 6) is 0. The molecule has 3 aromatic carbocycles. The van der Waals surface area contributed by atoms with Gasteiger partial charge in [0.15, 0.2) is 0 Å². The number of alkyl halides is 6. The standard InChI is InChI=1S/C26H25F6NO/c1-18(33(2)3)24(20-10-6-4-7-11-20,21-12-8-5-9-13-21)34-17-19-14-22(25(27,28)29)16-23(15-19)26(30,31)32/h4-16,18H,17H2,1-3H3. The maximum Gasteiger partial charge on any atom is 0.416 e. The maximum absolute atomic E-state index is 13.4. The summed E-state index contributed by atoms with van der Waals surface area (Å²) in [6.07, 6.45) is -9.86. The van der Waals surface area contributed by atoms with E-state index < -0.39 is 35.7 Å². The number of benzene rings is 3. The average Bonchev–Trinajstić information content (AvgIpc) is 2.79. The summed E-state index contributed by atoms with van der Waals surface area (Å²) >= 11 is 0. The molecule has 0 fully saturated rings. The molecule has 3 rings (SSSR count). The molecule has 2 nitrogen and oxygen atoms in total. The third-order valence-corrected chi connectivity index (χ3v) is 5.88. The highest BCUT2D eigenvalue weighted by molar-refractivity contribution is 5.39. The fourth-order valence-corrected chi connectivity index (χ4v) is 3.97. The van der Waals surface area contributed by atoms with E-state index in [0.29, 0.717) is 12.1 Å². The Morgan fingerprint density at radius 2 is 1.09 bits per heavy atom. The van der Waals surface area contributed by atoms with E-state index in [-0.39, 0.29) is 17.7 Å². The quantitative estimate of drug-likeness (QED) is 0.333. The number of rotatable bonds is 7. The van der Waals surface area contributed by atoms with Gasteiger partial charge in [0.2, 0.25) is 0 Å². The minimum Gasteiger partial charge on any atom is -0.359 e. The molecular formula is C26H25F6NO. The molecule has 8 heteroatoms. The first-order chi connectivity index (χ1) is 15.9. The summed E-state index contributed by atoms with van der Waals surface area (Å²) in [5.41, 5.74) is -2.67. The molecule has 1 unspecified atom stereocenters. The van der Waals surface area contributed by atoms with Gasteiger partial charge in [-0.1, -0.05) is 60.7 Å². The predicted molar refractivity (Wildman–Crippen MR) is 118 cm³/mol. The fourth-order valence-electron chi connectivity index (χ4n) is 3.97. The zero-order valence-electron chi connectivity index (χ0n) is 18.9. The van der Waals surface area contributed by atoms with Crippen LogP contribution in [0, 0.1) is 0 Å². The van der Waals surface area contributed by atoms with Crippen LogP contribution in [0.1, 0.15) is 34.7 Å². The van der Waals surface area contributed by atoms with Gasteiger partial charge in [-0.15, -0.1) is 0 Å². The predicted octanol–water partition coefficient (Wildman–Crippen LogP) is 7.13. The number of hydrogen-bond donors (Lipinski definition) is 0. The van der Waals surface area contributed by atoms with Crippen molar-refractivity contribution in [3.05, 3.63) is 107 Å². The first-order valence-corrected chi connectivity index (χ1v) is 10.6. The minimum absolute atomic E-state index is 0.119. The Morgan fingerprint density at radius 1 is 0.676 bits per heavy atom. The van der Waals surface area contributed by atoms with Crippen LogP contribution in [-0.2, 0) is 29.3 Å². The average molecular weight is 481 g/mol. The van der Waals surface area contributed by atoms with Gasteiger partial charge in [0.05, 0.1) is 17.7 Å². The van der Waals surface area contributed by atoms with Crippen molar-refractivity contribution in [2.75, 3.05) is 14.1 Å². The molecule has 0 spiro atoms. The molecule has 34 heavy (non-hydrogen) atoms. The highest BCUT2D eigenvalue weighted by atomic mass is 19.4. The van der Waals surface area contributed by atoms with Crippen molar-refractivity contribution in [2.45, 2.75) is 37.5 Å². The van der Waals surface area contributed by atoms with Crippen molar-refractivity contribution in [1.29, 1.82) is 0 Å². The summed E-state index contributed by atoms with van der Waals surface area (Å²) in [7, 11) is 3.67. The number of likely N-dealkylation sites (N-methyl/N-ethyl adjacent to an activating group) is 1. The van der Waals surface area contributed by atoms with E-state index in [0.717, 1.165) is 11.1 Å². The second kappa shape index (κ2) is 9.80. The topological polar surface area (TPSA) is 12.5 Å². The van der Waals surface area contributed by atoms with Gasteiger partial charge in [-0.3, -0.25) is 0 Å². The highest BCUT2D eigenvalue weighted by Crippen LogP contribution is 2.41. The number of halogens is 6. The Hall–Kier alpha value is -2.84. The third-order valence-electron chi connectivity index (χ3n) is 5.88. The van der Waals surface area contributed by atoms with Gasteiger partial charge in [0, 0.05) is 6.04 Å². The number of hydrogen-bond acceptors (Lipinski definition) is 2. The first kappa shape index (κ1) is 25.8. The van der Waals surface area contributed by atoms with E-state index in [9.17, 15) is 26.3 Å². The molecule has 0 saturated heterocycles. The summed E-state index contributed by atoms with van der Waals surface area (Å²) in [6, 6.07) is 19.4. The molecule has 0 heterocycles. The lowest BCUT2D eigenvalue weighted by Crippen LogP contribution is -2.48. The lowest BCUT2D eigenvalue weighted by atomic mass is 9.80. The molecule has 0 N–H and O–H groups in total. The van der Waals surface area contributed by atoms with Crippen LogP contribution in [0.25, 0.3) is 0 Å². The van der Waals surface area contributed by atoms with Gasteiger partial charge in [-0.2, -0.15) is 26.3 Å². The van der Waals surface area contributed by atoms with Crippen LogP contribution in [0.4, 0.5) is 26.3 Å². The molecule has 1 atom stereocenters. The van der Waals surface area contributed by atoms with E-state index in [1.165, 1.54) is 0 Å². The zero-order valence-corrected chi connectivity index (χ0v) is 18.9. The Bertz CT molecular complexity index is 1010. The van der Waals surface area contributed by atoms with Crippen molar-refractivity contribution < 1.29 is 31.1 Å². The van der Waals surface area contributed by atoms with Crippen molar-refractivity contribution >= 4 is 0 Å². The van der Waals surface area contributed by atoms with Crippen LogP contribution in [0.2, 0.25) is 0 Å². The van der Waals surface area contributed by atoms with E-state index in [4.69, 9.17) is 4.74 Å². The lowest BCUT2D eigenvalue weighted by Gasteiger charge is -2.43. The fraction of sp³-hybridized carbons (Fsp3) is 0.308. The van der Waals surface area contributed by atoms with Crippen molar-refractivity contribution in [1.82, 2.24) is 4.90 Å². The van der Waals surface area contributed by atoms with Crippen LogP contribution in [-0.4, -0.2) is 25.0 Å². The molecule has 0 saturated carbocycles. The largest absolute Gasteiger partial charge is 0.416 e. The molecule has 0 bridgehead atoms. The SMILES string of the molecule is CC(N(C)C)C(OCc1cc(C(F)(F)F)cc(C(F)(F)F)c1)(c1ccccc1)c1ccccc1. The molecule has 0 radical (unpaired) electrons. The Morgan fingerprint density at radius 3 is 1.44 bits per heavy atom. The maximum atomic E-state index is 13.4. The van der Waals surface area contributed by atoms with Gasteiger partial charge < -0.3 is 9.64 Å². The van der Waals surface area contributed by atoms with Crippen LogP contribution in [0.5, 0.6) is 0 Å². The first-order valence-electron chi connectivity index (χ1n) is 10.6. The van der Waals surface area contributed by atoms with E-state index in [1.54, 1.807) is 0 Å². The Balaban J connectivity index is 2.15. The highest BCUT2D eigenvalue weighted by Gasteiger charge is 2.43. The summed E-state index contributed by atoms with van der Waals surface area (Å²) < 4.78 is 86.5. The summed E-state index contributed by atoms with van der Waals surface area (Å²) in [5, 5.41) is 0. The third kappa shape index (κ3) is 5.45. The van der Waals surface area contributed by atoms with E-state index >= 15 is 0 Å². The van der Waals surface area contributed by atoms with Crippen molar-refractivity contribution in [2.24, 2.45) is 0 Å². The Labute approximate surface area is 194 Å². The van der Waals surface area contributed by atoms with Crippen molar-refractivity contribution in [3.63, 3.8) is 0 Å². The molecule has 0 aliphatic rings. The summed E-state index contributed by atoms with van der Waals surface area (Å²) in [6.45, 7) is 1.43. The normalized spacial score (nSPS) is 13.8. The monoisotopic (exact) mass is 481 g/mol. The van der Waals surface area contributed by atoms with Gasteiger partial charge >= 0.3 is 12.4 Å². The van der Waals surface area contributed by atoms with Crippen LogP contribution in [0.3, 0.4) is 0 Å². The van der Waals surface area contributed by atoms with E-state index in [2.05, 4.69) is 0 Å². The molecule has 0 aliphatic carbocycles. The van der Waals surface area contributed by atoms with Gasteiger partial charge in [-0.05, 0) is 55.9 Å². The van der Waals surface area contributed by atoms with E-state index in [1.807, 2.05) is 86.6 Å². The summed E-state index contributed by atoms with van der Waals surface area (Å²) in [4.78, 5) is 1.90. The molecular weight excluding hydrogens is 456 g/mol. The smallest absolute Gasteiger partial charge is 0.359 e. The molecule has 182 valence electrons. The van der Waals surface area contributed by atoms with Crippen molar-refractivity contribution in [3.8, 4) is 0 Å². The second-order valence-corrected chi connectivity index (χ2v) is 8.31. The van der Waals surface area contributed by atoms with Gasteiger partial charge in [-0.25, -0.2) is 0 Å². The molecule has 3 aromatic rings. The zero-order chi connectivity index (χ0) is 25.1. The Kier molecular flexibility index (Phi) is 7.43. The minimum atomic E-state index is -4.93. The molecule has 0 aliphatic heterocycles. The number of ether oxygens (including phenoxy) is 1. The number of nitrogens with zero attached hydrogens (tertiary/aromatic N) is 1. The van der Waals surface area contributed by atoms with Crippen LogP contribution in [0.15, 0.2) is 78.9 Å². The lowest BCUT2D eigenvalue weighted by molar-refractivity contribution is -0.143. The second-order valence-electron chi connectivity index (χ2n) is 8.31. The van der Waals surface area contributed by atoms with Gasteiger partial charge in [0.1, 0.15) is 5.60 Å². The van der Waals surface area contributed by atoms with Crippen LogP contribution >= 0.6 is 0 Å².